The van der Waals surface area contributed by atoms with Crippen LogP contribution in [-0.4, -0.2) is 19.7 Å². The highest BCUT2D eigenvalue weighted by Gasteiger charge is 2.07. The van der Waals surface area contributed by atoms with Gasteiger partial charge in [0.15, 0.2) is 9.84 Å². The Morgan fingerprint density at radius 1 is 1.20 bits per heavy atom. The maximum Gasteiger partial charge on any atom is 0.175 e. The first-order valence-corrected chi connectivity index (χ1v) is 6.50. The van der Waals surface area contributed by atoms with Gasteiger partial charge < -0.3 is 0 Å². The Morgan fingerprint density at radius 2 is 1.87 bits per heavy atom. The van der Waals surface area contributed by atoms with E-state index in [1.807, 2.05) is 0 Å². The maximum absolute atomic E-state index is 11.3. The van der Waals surface area contributed by atoms with E-state index in [1.165, 1.54) is 12.3 Å². The van der Waals surface area contributed by atoms with Crippen LogP contribution in [0.15, 0.2) is 35.2 Å². The molecular weight excluding hydrogens is 234 g/mol. The van der Waals surface area contributed by atoms with Crippen molar-refractivity contribution in [3.05, 3.63) is 35.5 Å². The molecule has 2 aromatic rings. The predicted octanol–water partition coefficient (Wildman–Crippen LogP) is 2.29. The molecule has 0 bridgehead atoms. The Kier molecular flexibility index (Phi) is 2.40. The molecule has 3 nitrogen and oxygen atoms in total. The quantitative estimate of drug-likeness (QED) is 0.720. The van der Waals surface area contributed by atoms with Crippen LogP contribution in [0, 0.1) is 0 Å². The molecule has 0 saturated carbocycles. The van der Waals surface area contributed by atoms with Gasteiger partial charge in [-0.25, -0.2) is 13.4 Å². The standard InChI is InChI=1S/C10H8ClNO2S/c1-15(13,14)8-4-2-7-3-5-10(11)12-9(7)6-8/h2-6H,1H3. The first-order valence-electron chi connectivity index (χ1n) is 4.23. The molecule has 15 heavy (non-hydrogen) atoms. The zero-order valence-corrected chi connectivity index (χ0v) is 9.51. The van der Waals surface area contributed by atoms with Crippen LogP contribution in [0.25, 0.3) is 10.9 Å². The minimum atomic E-state index is -3.19. The zero-order valence-electron chi connectivity index (χ0n) is 7.94. The summed E-state index contributed by atoms with van der Waals surface area (Å²) in [6.07, 6.45) is 1.17. The van der Waals surface area contributed by atoms with Crippen LogP contribution in [0.2, 0.25) is 5.15 Å². The normalized spacial score (nSPS) is 11.9. The summed E-state index contributed by atoms with van der Waals surface area (Å²) in [5, 5.41) is 1.22. The minimum absolute atomic E-state index is 0.254. The van der Waals surface area contributed by atoms with E-state index in [2.05, 4.69) is 4.98 Å². The molecule has 0 fully saturated rings. The lowest BCUT2D eigenvalue weighted by molar-refractivity contribution is 0.602. The largest absolute Gasteiger partial charge is 0.236 e. The highest BCUT2D eigenvalue weighted by Crippen LogP contribution is 2.19. The Labute approximate surface area is 92.6 Å². The summed E-state index contributed by atoms with van der Waals surface area (Å²) in [6.45, 7) is 0. The Balaban J connectivity index is 2.75. The zero-order chi connectivity index (χ0) is 11.1. The number of benzene rings is 1. The molecule has 0 atom stereocenters. The van der Waals surface area contributed by atoms with Crippen LogP contribution >= 0.6 is 11.6 Å². The molecule has 0 radical (unpaired) electrons. The maximum atomic E-state index is 11.3. The van der Waals surface area contributed by atoms with Gasteiger partial charge in [-0.3, -0.25) is 0 Å². The summed E-state index contributed by atoms with van der Waals surface area (Å²) in [6, 6.07) is 8.28. The Bertz CT molecular complexity index is 622. The lowest BCUT2D eigenvalue weighted by atomic mass is 10.2. The van der Waals surface area contributed by atoms with E-state index in [-0.39, 0.29) is 4.90 Å². The molecule has 0 saturated heterocycles. The third kappa shape index (κ3) is 2.11. The van der Waals surface area contributed by atoms with Gasteiger partial charge >= 0.3 is 0 Å². The van der Waals surface area contributed by atoms with Crippen molar-refractivity contribution in [3.8, 4) is 0 Å². The summed E-state index contributed by atoms with van der Waals surface area (Å²) in [5.41, 5.74) is 0.588. The molecule has 0 aliphatic carbocycles. The molecule has 0 unspecified atom stereocenters. The van der Waals surface area contributed by atoms with E-state index in [1.54, 1.807) is 24.3 Å². The number of sulfone groups is 1. The molecule has 0 aliphatic rings. The first-order chi connectivity index (χ1) is 6.97. The smallest absolute Gasteiger partial charge is 0.175 e. The van der Waals surface area contributed by atoms with E-state index in [0.717, 1.165) is 5.39 Å². The summed E-state index contributed by atoms with van der Waals surface area (Å²) in [4.78, 5) is 4.31. The molecule has 2 rings (SSSR count). The molecule has 1 aromatic carbocycles. The van der Waals surface area contributed by atoms with Crippen molar-refractivity contribution >= 4 is 32.3 Å². The Morgan fingerprint density at radius 3 is 2.53 bits per heavy atom. The van der Waals surface area contributed by atoms with Gasteiger partial charge in [0.2, 0.25) is 0 Å². The van der Waals surface area contributed by atoms with E-state index in [4.69, 9.17) is 11.6 Å². The van der Waals surface area contributed by atoms with Crippen LogP contribution in [0.3, 0.4) is 0 Å². The van der Waals surface area contributed by atoms with Crippen molar-refractivity contribution in [1.29, 1.82) is 0 Å². The van der Waals surface area contributed by atoms with Crippen molar-refractivity contribution < 1.29 is 8.42 Å². The number of aromatic nitrogens is 1. The van der Waals surface area contributed by atoms with Gasteiger partial charge in [0.25, 0.3) is 0 Å². The van der Waals surface area contributed by atoms with Crippen molar-refractivity contribution in [3.63, 3.8) is 0 Å². The van der Waals surface area contributed by atoms with Gasteiger partial charge in [0.1, 0.15) is 5.15 Å². The van der Waals surface area contributed by atoms with Gasteiger partial charge in [0.05, 0.1) is 10.4 Å². The molecular formula is C10H8ClNO2S. The van der Waals surface area contributed by atoms with E-state index in [9.17, 15) is 8.42 Å². The Hall–Kier alpha value is -1.13. The third-order valence-corrected chi connectivity index (χ3v) is 3.38. The molecule has 5 heteroatoms. The topological polar surface area (TPSA) is 47.0 Å². The van der Waals surface area contributed by atoms with Gasteiger partial charge in [-0.2, -0.15) is 0 Å². The number of nitrogens with zero attached hydrogens (tertiary/aromatic N) is 1. The summed E-state index contributed by atoms with van der Waals surface area (Å²) >= 11 is 5.72. The summed E-state index contributed by atoms with van der Waals surface area (Å²) < 4.78 is 22.6. The molecule has 1 aromatic heterocycles. The highest BCUT2D eigenvalue weighted by molar-refractivity contribution is 7.90. The van der Waals surface area contributed by atoms with Crippen molar-refractivity contribution in [2.24, 2.45) is 0 Å². The number of halogens is 1. The second-order valence-corrected chi connectivity index (χ2v) is 5.66. The number of pyridine rings is 1. The molecule has 0 aliphatic heterocycles. The molecule has 0 amide bonds. The van der Waals surface area contributed by atoms with E-state index < -0.39 is 9.84 Å². The molecule has 1 heterocycles. The predicted molar refractivity (Wildman–Crippen MR) is 59.9 cm³/mol. The van der Waals surface area contributed by atoms with E-state index >= 15 is 0 Å². The fourth-order valence-corrected chi connectivity index (χ4v) is 2.10. The van der Waals surface area contributed by atoms with Crippen LogP contribution in [0.4, 0.5) is 0 Å². The molecule has 0 N–H and O–H groups in total. The first kappa shape index (κ1) is 10.4. The average molecular weight is 242 g/mol. The number of fused-ring (bicyclic) bond motifs is 1. The lowest BCUT2D eigenvalue weighted by Gasteiger charge is -2.01. The van der Waals surface area contributed by atoms with Crippen LogP contribution in [0.1, 0.15) is 0 Å². The van der Waals surface area contributed by atoms with E-state index in [0.29, 0.717) is 10.7 Å². The van der Waals surface area contributed by atoms with Gasteiger partial charge in [-0.15, -0.1) is 0 Å². The van der Waals surface area contributed by atoms with Crippen LogP contribution in [-0.2, 0) is 9.84 Å². The monoisotopic (exact) mass is 241 g/mol. The van der Waals surface area contributed by atoms with Crippen molar-refractivity contribution in [2.75, 3.05) is 6.26 Å². The van der Waals surface area contributed by atoms with Crippen LogP contribution in [0.5, 0.6) is 0 Å². The van der Waals surface area contributed by atoms with Gasteiger partial charge in [0, 0.05) is 11.6 Å². The molecule has 78 valence electrons. The average Bonchev–Trinajstić information content (AvgIpc) is 2.15. The number of hydrogen-bond acceptors (Lipinski definition) is 3. The number of hydrogen-bond donors (Lipinski definition) is 0. The highest BCUT2D eigenvalue weighted by atomic mass is 35.5. The third-order valence-electron chi connectivity index (χ3n) is 2.06. The summed E-state index contributed by atoms with van der Waals surface area (Å²) in [5.74, 6) is 0. The van der Waals surface area contributed by atoms with Crippen molar-refractivity contribution in [1.82, 2.24) is 4.98 Å². The minimum Gasteiger partial charge on any atom is -0.236 e. The van der Waals surface area contributed by atoms with Gasteiger partial charge in [-0.05, 0) is 24.3 Å². The number of rotatable bonds is 1. The SMILES string of the molecule is CS(=O)(=O)c1ccc2ccc(Cl)nc2c1. The lowest BCUT2D eigenvalue weighted by Crippen LogP contribution is -1.96. The van der Waals surface area contributed by atoms with Crippen LogP contribution < -0.4 is 0 Å². The fraction of sp³-hybridized carbons (Fsp3) is 0.100. The van der Waals surface area contributed by atoms with Gasteiger partial charge in [-0.1, -0.05) is 17.7 Å². The fourth-order valence-electron chi connectivity index (χ4n) is 1.30. The second kappa shape index (κ2) is 3.47. The van der Waals surface area contributed by atoms with Crippen molar-refractivity contribution in [2.45, 2.75) is 4.90 Å². The summed E-state index contributed by atoms with van der Waals surface area (Å²) in [7, 11) is -3.19. The second-order valence-electron chi connectivity index (χ2n) is 3.26. The molecule has 0 spiro atoms.